The maximum atomic E-state index is 13.0. The van der Waals surface area contributed by atoms with Crippen LogP contribution in [0.2, 0.25) is 0 Å². The van der Waals surface area contributed by atoms with Gasteiger partial charge in [-0.25, -0.2) is 0 Å². The molecule has 1 aliphatic rings. The summed E-state index contributed by atoms with van der Waals surface area (Å²) < 4.78 is 39.1. The first-order chi connectivity index (χ1) is 13.0. The van der Waals surface area contributed by atoms with Crippen LogP contribution < -0.4 is 4.90 Å². The zero-order chi connectivity index (χ0) is 20.7. The molecule has 0 aliphatic carbocycles. The van der Waals surface area contributed by atoms with Crippen LogP contribution in [0.5, 0.6) is 0 Å². The van der Waals surface area contributed by atoms with Crippen molar-refractivity contribution >= 4 is 46.0 Å². The van der Waals surface area contributed by atoms with Gasteiger partial charge in [0.1, 0.15) is 0 Å². The molecule has 1 amide bonds. The molecule has 0 bridgehead atoms. The van der Waals surface area contributed by atoms with Crippen LogP contribution in [-0.2, 0) is 16.4 Å². The molecule has 0 spiro atoms. The van der Waals surface area contributed by atoms with Crippen LogP contribution in [0.1, 0.15) is 37.5 Å². The summed E-state index contributed by atoms with van der Waals surface area (Å²) in [5, 5.41) is 0. The van der Waals surface area contributed by atoms with E-state index in [4.69, 9.17) is 12.2 Å². The number of carbonyl (C=O) groups is 1. The molecule has 0 radical (unpaired) electrons. The first-order valence-corrected chi connectivity index (χ1v) is 9.75. The molecule has 0 atom stereocenters. The normalized spacial score (nSPS) is 16.9. The molecule has 0 N–H and O–H groups in total. The highest BCUT2D eigenvalue weighted by atomic mass is 32.2. The highest BCUT2D eigenvalue weighted by Crippen LogP contribution is 2.38. The lowest BCUT2D eigenvalue weighted by atomic mass is 9.87. The summed E-state index contributed by atoms with van der Waals surface area (Å²) in [7, 11) is 0. The number of hydrogen-bond acceptors (Lipinski definition) is 3. The number of alkyl halides is 3. The van der Waals surface area contributed by atoms with Crippen LogP contribution in [0.25, 0.3) is 6.08 Å². The summed E-state index contributed by atoms with van der Waals surface area (Å²) in [5.41, 5.74) is 1.31. The van der Waals surface area contributed by atoms with Gasteiger partial charge in [0.05, 0.1) is 16.2 Å². The lowest BCUT2D eigenvalue weighted by Gasteiger charge is -2.18. The van der Waals surface area contributed by atoms with Gasteiger partial charge >= 0.3 is 6.18 Å². The van der Waals surface area contributed by atoms with E-state index in [0.29, 0.717) is 4.91 Å². The molecule has 1 saturated heterocycles. The van der Waals surface area contributed by atoms with Crippen molar-refractivity contribution in [3.05, 3.63) is 70.1 Å². The number of nitrogens with zero attached hydrogens (tertiary/aromatic N) is 1. The van der Waals surface area contributed by atoms with Crippen molar-refractivity contribution in [2.45, 2.75) is 32.4 Å². The Kier molecular flexibility index (Phi) is 5.42. The number of thiocarbonyl (C=S) groups is 1. The molecule has 0 saturated carbocycles. The van der Waals surface area contributed by atoms with Crippen LogP contribution in [0, 0.1) is 0 Å². The summed E-state index contributed by atoms with van der Waals surface area (Å²) in [5.74, 6) is -0.422. The zero-order valence-electron chi connectivity index (χ0n) is 15.5. The monoisotopic (exact) mass is 421 g/mol. The highest BCUT2D eigenvalue weighted by molar-refractivity contribution is 8.27. The predicted molar refractivity (Wildman–Crippen MR) is 112 cm³/mol. The Bertz CT molecular complexity index is 957. The quantitative estimate of drug-likeness (QED) is 0.413. The topological polar surface area (TPSA) is 20.3 Å². The maximum absolute atomic E-state index is 13.0. The molecule has 7 heteroatoms. The minimum Gasteiger partial charge on any atom is -0.268 e. The molecule has 1 heterocycles. The van der Waals surface area contributed by atoms with Gasteiger partial charge in [0.2, 0.25) is 0 Å². The molecular weight excluding hydrogens is 403 g/mol. The fourth-order valence-corrected chi connectivity index (χ4v) is 4.04. The predicted octanol–water partition coefficient (Wildman–Crippen LogP) is 6.41. The molecule has 146 valence electrons. The molecular formula is C21H18F3NOS2. The lowest BCUT2D eigenvalue weighted by molar-refractivity contribution is -0.137. The van der Waals surface area contributed by atoms with Gasteiger partial charge < -0.3 is 0 Å². The van der Waals surface area contributed by atoms with Crippen LogP contribution in [0.3, 0.4) is 0 Å². The average molecular weight is 422 g/mol. The SMILES string of the molecule is CC(C)(C)c1ccc(C=C2SC(=S)N(c3cccc(C(F)(F)F)c3)C2=O)cc1. The van der Waals surface area contributed by atoms with Crippen molar-refractivity contribution in [2.24, 2.45) is 0 Å². The number of rotatable bonds is 2. The third kappa shape index (κ3) is 4.31. The average Bonchev–Trinajstić information content (AvgIpc) is 2.87. The van der Waals surface area contributed by atoms with E-state index < -0.39 is 17.6 Å². The van der Waals surface area contributed by atoms with Crippen molar-refractivity contribution in [2.75, 3.05) is 4.90 Å². The van der Waals surface area contributed by atoms with Crippen molar-refractivity contribution in [1.29, 1.82) is 0 Å². The van der Waals surface area contributed by atoms with Gasteiger partial charge in [-0.05, 0) is 40.8 Å². The Hall–Kier alpha value is -2.12. The van der Waals surface area contributed by atoms with E-state index in [-0.39, 0.29) is 15.4 Å². The van der Waals surface area contributed by atoms with E-state index in [1.54, 1.807) is 6.08 Å². The molecule has 1 aliphatic heterocycles. The molecule has 28 heavy (non-hydrogen) atoms. The van der Waals surface area contributed by atoms with E-state index in [1.165, 1.54) is 17.7 Å². The van der Waals surface area contributed by atoms with Crippen molar-refractivity contribution in [3.8, 4) is 0 Å². The molecule has 2 aromatic carbocycles. The van der Waals surface area contributed by atoms with Gasteiger partial charge in [-0.15, -0.1) is 0 Å². The number of thioether (sulfide) groups is 1. The van der Waals surface area contributed by atoms with Gasteiger partial charge in [0.25, 0.3) is 5.91 Å². The standard InChI is InChI=1S/C21H18F3NOS2/c1-20(2,3)14-9-7-13(8-10-14)11-17-18(26)25(19(27)28-17)16-6-4-5-15(12-16)21(22,23)24/h4-12H,1-3H3. The van der Waals surface area contributed by atoms with Crippen molar-refractivity contribution in [1.82, 2.24) is 0 Å². The van der Waals surface area contributed by atoms with Gasteiger partial charge in [-0.2, -0.15) is 13.2 Å². The molecule has 3 rings (SSSR count). The second kappa shape index (κ2) is 7.37. The molecule has 0 unspecified atom stereocenters. The van der Waals surface area contributed by atoms with Crippen LogP contribution in [0.15, 0.2) is 53.4 Å². The Morgan fingerprint density at radius 3 is 2.21 bits per heavy atom. The summed E-state index contributed by atoms with van der Waals surface area (Å²) >= 11 is 6.33. The van der Waals surface area contributed by atoms with E-state index in [2.05, 4.69) is 20.8 Å². The fourth-order valence-electron chi connectivity index (χ4n) is 2.74. The number of anilines is 1. The Balaban J connectivity index is 1.89. The number of hydrogen-bond donors (Lipinski definition) is 0. The molecule has 1 fully saturated rings. The molecule has 2 aromatic rings. The van der Waals surface area contributed by atoms with E-state index in [9.17, 15) is 18.0 Å². The summed E-state index contributed by atoms with van der Waals surface area (Å²) in [6.07, 6.45) is -2.78. The first kappa shape index (κ1) is 20.6. The van der Waals surface area contributed by atoms with Crippen LogP contribution in [-0.4, -0.2) is 10.2 Å². The van der Waals surface area contributed by atoms with Gasteiger partial charge in [0, 0.05) is 0 Å². The van der Waals surface area contributed by atoms with Crippen molar-refractivity contribution < 1.29 is 18.0 Å². The largest absolute Gasteiger partial charge is 0.416 e. The summed E-state index contributed by atoms with van der Waals surface area (Å²) in [6.45, 7) is 6.34. The number of halogens is 3. The molecule has 0 aromatic heterocycles. The molecule has 2 nitrogen and oxygen atoms in total. The zero-order valence-corrected chi connectivity index (χ0v) is 17.1. The Labute approximate surface area is 171 Å². The number of carbonyl (C=O) groups excluding carboxylic acids is 1. The minimum atomic E-state index is -4.49. The fraction of sp³-hybridized carbons (Fsp3) is 0.238. The smallest absolute Gasteiger partial charge is 0.268 e. The lowest BCUT2D eigenvalue weighted by Crippen LogP contribution is -2.27. The van der Waals surface area contributed by atoms with E-state index >= 15 is 0 Å². The second-order valence-corrected chi connectivity index (χ2v) is 9.11. The van der Waals surface area contributed by atoms with Gasteiger partial charge in [0.15, 0.2) is 4.32 Å². The number of benzene rings is 2. The van der Waals surface area contributed by atoms with Crippen LogP contribution in [0.4, 0.5) is 18.9 Å². The first-order valence-electron chi connectivity index (χ1n) is 8.52. The summed E-state index contributed by atoms with van der Waals surface area (Å²) in [6, 6.07) is 12.4. The second-order valence-electron chi connectivity index (χ2n) is 7.44. The Morgan fingerprint density at radius 2 is 1.64 bits per heavy atom. The van der Waals surface area contributed by atoms with Gasteiger partial charge in [-0.1, -0.05) is 75.1 Å². The summed E-state index contributed by atoms with van der Waals surface area (Å²) in [4.78, 5) is 14.3. The maximum Gasteiger partial charge on any atom is 0.416 e. The third-order valence-corrected chi connectivity index (χ3v) is 5.60. The van der Waals surface area contributed by atoms with Gasteiger partial charge in [-0.3, -0.25) is 9.69 Å². The third-order valence-electron chi connectivity index (χ3n) is 4.30. The van der Waals surface area contributed by atoms with Crippen LogP contribution >= 0.6 is 24.0 Å². The Morgan fingerprint density at radius 1 is 1.00 bits per heavy atom. The highest BCUT2D eigenvalue weighted by Gasteiger charge is 2.36. The van der Waals surface area contributed by atoms with E-state index in [0.717, 1.165) is 34.4 Å². The van der Waals surface area contributed by atoms with E-state index in [1.807, 2.05) is 24.3 Å². The number of amides is 1. The minimum absolute atomic E-state index is 0.0193. The van der Waals surface area contributed by atoms with Crippen molar-refractivity contribution in [3.63, 3.8) is 0 Å².